The van der Waals surface area contributed by atoms with Crippen molar-refractivity contribution < 1.29 is 28.7 Å². The van der Waals surface area contributed by atoms with Crippen LogP contribution in [0.5, 0.6) is 11.5 Å². The molecule has 0 radical (unpaired) electrons. The monoisotopic (exact) mass is 450 g/mol. The maximum absolute atomic E-state index is 13.6. The largest absolute Gasteiger partial charge is 0.426 e. The molecule has 1 aliphatic rings. The number of carbonyl (C=O) groups is 4. The Morgan fingerprint density at radius 3 is 2.24 bits per heavy atom. The van der Waals surface area contributed by atoms with Crippen molar-refractivity contribution >= 4 is 29.4 Å². The zero-order valence-corrected chi connectivity index (χ0v) is 19.4. The molecule has 0 fully saturated rings. The van der Waals surface area contributed by atoms with Gasteiger partial charge in [0, 0.05) is 51.3 Å². The Morgan fingerprint density at radius 2 is 1.64 bits per heavy atom. The third-order valence-corrected chi connectivity index (χ3v) is 5.65. The summed E-state index contributed by atoms with van der Waals surface area (Å²) in [5.74, 6) is -1.45. The number of nitrogens with zero attached hydrogens (tertiary/aromatic N) is 2. The highest BCUT2D eigenvalue weighted by atomic mass is 16.5. The maximum atomic E-state index is 13.6. The van der Waals surface area contributed by atoms with Gasteiger partial charge in [0.25, 0.3) is 5.91 Å². The summed E-state index contributed by atoms with van der Waals surface area (Å²) in [5, 5.41) is 0. The normalized spacial score (nSPS) is 12.1. The summed E-state index contributed by atoms with van der Waals surface area (Å²) >= 11 is 0. The van der Waals surface area contributed by atoms with Crippen molar-refractivity contribution in [1.29, 1.82) is 0 Å². The maximum Gasteiger partial charge on any atom is 0.308 e. The van der Waals surface area contributed by atoms with Gasteiger partial charge in [-0.25, -0.2) is 0 Å². The number of fused-ring (bicyclic) bond motifs is 1. The summed E-state index contributed by atoms with van der Waals surface area (Å²) in [6.45, 7) is 10.1. The molecule has 0 bridgehead atoms. The molecule has 0 saturated heterocycles. The molecule has 3 rings (SSSR count). The van der Waals surface area contributed by atoms with Crippen molar-refractivity contribution in [3.8, 4) is 11.5 Å². The van der Waals surface area contributed by atoms with E-state index in [0.717, 1.165) is 11.1 Å². The van der Waals surface area contributed by atoms with Crippen LogP contribution in [0.25, 0.3) is 0 Å². The summed E-state index contributed by atoms with van der Waals surface area (Å²) in [5.41, 5.74) is 3.85. The van der Waals surface area contributed by atoms with E-state index in [1.165, 1.54) is 30.9 Å². The molecule has 0 spiro atoms. The van der Waals surface area contributed by atoms with Crippen LogP contribution in [0.15, 0.2) is 36.9 Å². The minimum Gasteiger partial charge on any atom is -0.426 e. The van der Waals surface area contributed by atoms with Crippen molar-refractivity contribution in [2.45, 2.75) is 40.8 Å². The van der Waals surface area contributed by atoms with E-state index in [9.17, 15) is 19.2 Å². The SMILES string of the molecule is C=CC(=O)N(C)c1cccc2c1CN(C(=O)c1c(OC(C)=O)cc(OC(C)=O)c(C)c1C)C2. The highest BCUT2D eigenvalue weighted by molar-refractivity contribution is 6.02. The molecule has 2 aromatic rings. The predicted molar refractivity (Wildman–Crippen MR) is 122 cm³/mol. The number of rotatable bonds is 5. The molecule has 1 aliphatic heterocycles. The quantitative estimate of drug-likeness (QED) is 0.394. The van der Waals surface area contributed by atoms with E-state index in [1.807, 2.05) is 18.2 Å². The zero-order valence-electron chi connectivity index (χ0n) is 19.4. The smallest absolute Gasteiger partial charge is 0.308 e. The van der Waals surface area contributed by atoms with Gasteiger partial charge in [0.05, 0.1) is 5.56 Å². The second kappa shape index (κ2) is 9.28. The molecule has 172 valence electrons. The van der Waals surface area contributed by atoms with Gasteiger partial charge in [0.2, 0.25) is 5.91 Å². The lowest BCUT2D eigenvalue weighted by Gasteiger charge is -2.22. The molecule has 2 amide bonds. The summed E-state index contributed by atoms with van der Waals surface area (Å²) in [6, 6.07) is 6.96. The van der Waals surface area contributed by atoms with Crippen molar-refractivity contribution in [2.24, 2.45) is 0 Å². The number of likely N-dealkylation sites (N-methyl/N-ethyl adjacent to an activating group) is 1. The molecular weight excluding hydrogens is 424 g/mol. The van der Waals surface area contributed by atoms with Crippen molar-refractivity contribution in [3.05, 3.63) is 64.7 Å². The Bertz CT molecular complexity index is 1180. The molecule has 0 saturated carbocycles. The van der Waals surface area contributed by atoms with Gasteiger partial charge in [-0.1, -0.05) is 18.7 Å². The van der Waals surface area contributed by atoms with E-state index < -0.39 is 11.9 Å². The Hall–Kier alpha value is -3.94. The topological polar surface area (TPSA) is 93.2 Å². The number of amides is 2. The predicted octanol–water partition coefficient (Wildman–Crippen LogP) is 3.46. The first-order valence-corrected chi connectivity index (χ1v) is 10.4. The van der Waals surface area contributed by atoms with Gasteiger partial charge in [0.1, 0.15) is 11.5 Å². The van der Waals surface area contributed by atoms with Gasteiger partial charge in [0.15, 0.2) is 0 Å². The third kappa shape index (κ3) is 4.64. The lowest BCUT2D eigenvalue weighted by Crippen LogP contribution is -2.28. The first kappa shape index (κ1) is 23.7. The molecule has 0 N–H and O–H groups in total. The standard InChI is InChI=1S/C25H26N2O6/c1-7-23(30)26(6)20-10-8-9-18-12-27(13-19(18)20)25(31)24-15(3)14(2)21(32-16(4)28)11-22(24)33-17(5)29/h7-11H,1,12-13H2,2-6H3. The average Bonchev–Trinajstić information content (AvgIpc) is 3.19. The lowest BCUT2D eigenvalue weighted by atomic mass is 10.00. The van der Waals surface area contributed by atoms with Crippen LogP contribution in [0.2, 0.25) is 0 Å². The zero-order chi connectivity index (χ0) is 24.4. The van der Waals surface area contributed by atoms with Crippen molar-refractivity contribution in [1.82, 2.24) is 4.90 Å². The Labute approximate surface area is 192 Å². The fourth-order valence-electron chi connectivity index (χ4n) is 3.89. The average molecular weight is 450 g/mol. The third-order valence-electron chi connectivity index (χ3n) is 5.65. The van der Waals surface area contributed by atoms with Crippen LogP contribution in [-0.2, 0) is 27.5 Å². The highest BCUT2D eigenvalue weighted by Gasteiger charge is 2.31. The van der Waals surface area contributed by atoms with Crippen LogP contribution in [0.1, 0.15) is 46.5 Å². The number of carbonyl (C=O) groups excluding carboxylic acids is 4. The minimum atomic E-state index is -0.599. The van der Waals surface area contributed by atoms with E-state index in [-0.39, 0.29) is 35.4 Å². The van der Waals surface area contributed by atoms with Crippen LogP contribution >= 0.6 is 0 Å². The van der Waals surface area contributed by atoms with Gasteiger partial charge in [-0.3, -0.25) is 19.2 Å². The minimum absolute atomic E-state index is 0.0296. The van der Waals surface area contributed by atoms with E-state index in [2.05, 4.69) is 6.58 Å². The Kier molecular flexibility index (Phi) is 6.67. The number of ether oxygens (including phenoxy) is 2. The highest BCUT2D eigenvalue weighted by Crippen LogP contribution is 2.37. The van der Waals surface area contributed by atoms with E-state index in [0.29, 0.717) is 23.4 Å². The molecule has 0 aliphatic carbocycles. The second-order valence-electron chi connectivity index (χ2n) is 7.86. The molecule has 8 heteroatoms. The molecular formula is C25H26N2O6. The van der Waals surface area contributed by atoms with Crippen LogP contribution in [0.4, 0.5) is 5.69 Å². The second-order valence-corrected chi connectivity index (χ2v) is 7.86. The number of hydrogen-bond donors (Lipinski definition) is 0. The number of esters is 2. The van der Waals surface area contributed by atoms with Crippen molar-refractivity contribution in [2.75, 3.05) is 11.9 Å². The van der Waals surface area contributed by atoms with Crippen LogP contribution in [0, 0.1) is 13.8 Å². The molecule has 0 atom stereocenters. The van der Waals surface area contributed by atoms with Crippen LogP contribution < -0.4 is 14.4 Å². The number of hydrogen-bond acceptors (Lipinski definition) is 6. The molecule has 33 heavy (non-hydrogen) atoms. The van der Waals surface area contributed by atoms with Gasteiger partial charge >= 0.3 is 11.9 Å². The lowest BCUT2D eigenvalue weighted by molar-refractivity contribution is -0.132. The molecule has 8 nitrogen and oxygen atoms in total. The Balaban J connectivity index is 2.02. The number of anilines is 1. The first-order valence-electron chi connectivity index (χ1n) is 10.4. The van der Waals surface area contributed by atoms with Gasteiger partial charge in [-0.05, 0) is 42.7 Å². The molecule has 0 aromatic heterocycles. The fraction of sp³-hybridized carbons (Fsp3) is 0.280. The van der Waals surface area contributed by atoms with Gasteiger partial charge in [-0.2, -0.15) is 0 Å². The van der Waals surface area contributed by atoms with E-state index in [1.54, 1.807) is 25.8 Å². The van der Waals surface area contributed by atoms with Crippen molar-refractivity contribution in [3.63, 3.8) is 0 Å². The van der Waals surface area contributed by atoms with Crippen LogP contribution in [0.3, 0.4) is 0 Å². The van der Waals surface area contributed by atoms with E-state index >= 15 is 0 Å². The molecule has 2 aromatic carbocycles. The number of benzene rings is 2. The van der Waals surface area contributed by atoms with E-state index in [4.69, 9.17) is 9.47 Å². The molecule has 0 unspecified atom stereocenters. The van der Waals surface area contributed by atoms with Gasteiger partial charge < -0.3 is 19.3 Å². The summed E-state index contributed by atoms with van der Waals surface area (Å²) in [4.78, 5) is 52.1. The first-order chi connectivity index (χ1) is 15.5. The summed E-state index contributed by atoms with van der Waals surface area (Å²) in [7, 11) is 1.66. The van der Waals surface area contributed by atoms with Crippen LogP contribution in [-0.4, -0.2) is 35.7 Å². The van der Waals surface area contributed by atoms with Gasteiger partial charge in [-0.15, -0.1) is 0 Å². The summed E-state index contributed by atoms with van der Waals surface area (Å²) in [6.07, 6.45) is 1.24. The Morgan fingerprint density at radius 1 is 1.00 bits per heavy atom. The fourth-order valence-corrected chi connectivity index (χ4v) is 3.89. The molecule has 1 heterocycles. The summed E-state index contributed by atoms with van der Waals surface area (Å²) < 4.78 is 10.6.